The van der Waals surface area contributed by atoms with Gasteiger partial charge < -0.3 is 35.8 Å². The van der Waals surface area contributed by atoms with E-state index in [2.05, 4.69) is 10.6 Å². The van der Waals surface area contributed by atoms with Crippen molar-refractivity contribution in [3.63, 3.8) is 0 Å². The molecule has 0 spiro atoms. The second-order valence-corrected chi connectivity index (χ2v) is 9.71. The summed E-state index contributed by atoms with van der Waals surface area (Å²) in [4.78, 5) is 50.1. The van der Waals surface area contributed by atoms with Gasteiger partial charge in [0.1, 0.15) is 6.61 Å². The maximum atomic E-state index is 12.8. The van der Waals surface area contributed by atoms with Gasteiger partial charge in [-0.05, 0) is 48.9 Å². The highest BCUT2D eigenvalue weighted by atomic mass is 16.5. The van der Waals surface area contributed by atoms with Gasteiger partial charge in [-0.25, -0.2) is 9.59 Å². The van der Waals surface area contributed by atoms with Crippen LogP contribution >= 0.6 is 0 Å². The lowest BCUT2D eigenvalue weighted by molar-refractivity contribution is -0.131. The Labute approximate surface area is 239 Å². The van der Waals surface area contributed by atoms with Gasteiger partial charge in [-0.2, -0.15) is 0 Å². The smallest absolute Gasteiger partial charge is 0.407 e. The fourth-order valence-corrected chi connectivity index (χ4v) is 4.24. The first-order valence-electron chi connectivity index (χ1n) is 13.7. The molecule has 3 amide bonds. The minimum absolute atomic E-state index is 0.0609. The van der Waals surface area contributed by atoms with E-state index in [9.17, 15) is 19.2 Å². The molecule has 220 valence electrons. The van der Waals surface area contributed by atoms with E-state index < -0.39 is 30.1 Å². The second kappa shape index (κ2) is 16.8. The Kier molecular flexibility index (Phi) is 12.8. The second-order valence-electron chi connectivity index (χ2n) is 9.71. The number of aliphatic carboxylic acids is 1. The number of ether oxygens (including phenoxy) is 2. The van der Waals surface area contributed by atoms with Gasteiger partial charge in [0.2, 0.25) is 5.91 Å². The lowest BCUT2D eigenvalue weighted by Crippen LogP contribution is -2.46. The average molecular weight is 567 g/mol. The molecule has 1 aliphatic rings. The summed E-state index contributed by atoms with van der Waals surface area (Å²) in [6.45, 7) is 2.72. The van der Waals surface area contributed by atoms with Crippen LogP contribution in [0.1, 0.15) is 40.7 Å². The van der Waals surface area contributed by atoms with Crippen molar-refractivity contribution in [3.05, 3.63) is 83.4 Å². The largest absolute Gasteiger partial charge is 0.478 e. The molecule has 1 fully saturated rings. The molecule has 2 aromatic rings. The summed E-state index contributed by atoms with van der Waals surface area (Å²) < 4.78 is 10.5. The fraction of sp³-hybridized carbons (Fsp3) is 0.400. The Hall–Kier alpha value is -4.22. The van der Waals surface area contributed by atoms with E-state index >= 15 is 0 Å². The summed E-state index contributed by atoms with van der Waals surface area (Å²) in [5.41, 5.74) is 8.40. The molecule has 1 heterocycles. The molecule has 2 atom stereocenters. The van der Waals surface area contributed by atoms with Crippen LogP contribution in [0.3, 0.4) is 0 Å². The molecule has 11 heteroatoms. The third-order valence-corrected chi connectivity index (χ3v) is 6.51. The highest BCUT2D eigenvalue weighted by Gasteiger charge is 2.20. The minimum Gasteiger partial charge on any atom is -0.478 e. The predicted octanol–water partition coefficient (Wildman–Crippen LogP) is 2.25. The first kappa shape index (κ1) is 31.3. The zero-order valence-electron chi connectivity index (χ0n) is 23.0. The van der Waals surface area contributed by atoms with Gasteiger partial charge in [0.25, 0.3) is 5.91 Å². The van der Waals surface area contributed by atoms with Crippen LogP contribution in [0.5, 0.6) is 0 Å². The van der Waals surface area contributed by atoms with Crippen molar-refractivity contribution in [2.45, 2.75) is 44.4 Å². The number of amides is 3. The monoisotopic (exact) mass is 566 g/mol. The van der Waals surface area contributed by atoms with Crippen molar-refractivity contribution >= 4 is 23.9 Å². The molecule has 0 saturated carbocycles. The molecule has 0 aromatic heterocycles. The quantitative estimate of drug-likeness (QED) is 0.200. The van der Waals surface area contributed by atoms with E-state index in [1.807, 2.05) is 30.3 Å². The fourth-order valence-electron chi connectivity index (χ4n) is 4.24. The van der Waals surface area contributed by atoms with E-state index in [0.717, 1.165) is 17.2 Å². The number of carbonyl (C=O) groups excluding carboxylic acids is 3. The Morgan fingerprint density at radius 2 is 1.71 bits per heavy atom. The third kappa shape index (κ3) is 11.4. The van der Waals surface area contributed by atoms with Crippen molar-refractivity contribution in [1.82, 2.24) is 15.5 Å². The first-order valence-corrected chi connectivity index (χ1v) is 13.7. The molecule has 5 N–H and O–H groups in total. The van der Waals surface area contributed by atoms with Crippen molar-refractivity contribution < 1.29 is 33.8 Å². The summed E-state index contributed by atoms with van der Waals surface area (Å²) in [7, 11) is 0. The minimum atomic E-state index is -1.12. The molecule has 0 radical (unpaired) electrons. The lowest BCUT2D eigenvalue weighted by Gasteiger charge is -2.26. The van der Waals surface area contributed by atoms with Crippen LogP contribution in [0.4, 0.5) is 4.79 Å². The summed E-state index contributed by atoms with van der Waals surface area (Å²) in [5, 5.41) is 14.5. The van der Waals surface area contributed by atoms with Crippen molar-refractivity contribution in [3.8, 4) is 0 Å². The Morgan fingerprint density at radius 1 is 1.00 bits per heavy atom. The molecule has 0 aliphatic carbocycles. The predicted molar refractivity (Wildman–Crippen MR) is 152 cm³/mol. The number of rotatable bonds is 14. The van der Waals surface area contributed by atoms with Crippen molar-refractivity contribution in [2.75, 3.05) is 32.8 Å². The van der Waals surface area contributed by atoms with Crippen LogP contribution in [0.25, 0.3) is 0 Å². The van der Waals surface area contributed by atoms with Crippen LogP contribution in [-0.2, 0) is 32.1 Å². The Bertz CT molecular complexity index is 1170. The summed E-state index contributed by atoms with van der Waals surface area (Å²) in [6.07, 6.45) is 3.81. The number of carbonyl (C=O) groups is 4. The van der Waals surface area contributed by atoms with Gasteiger partial charge in [-0.1, -0.05) is 48.5 Å². The molecule has 3 rings (SSSR count). The number of hydrogen-bond donors (Lipinski definition) is 4. The Balaban J connectivity index is 1.41. The number of hydrogen-bond acceptors (Lipinski definition) is 7. The lowest BCUT2D eigenvalue weighted by atomic mass is 10.0. The standard InChI is InChI=1S/C30H38N4O7/c31-26(20-22-9-11-24(12-10-22)29(38)34-16-18-40-19-17-34)28(37)33-25(13-14-27(35)36)8-4-5-15-32-30(39)41-21-23-6-2-1-3-7-23/h1-3,6-7,9-14,25-26H,4-5,8,15-21,31H2,(H,32,39)(H,33,37)(H,35,36)/t25?,26-/m0/s1. The summed E-state index contributed by atoms with van der Waals surface area (Å²) in [6, 6.07) is 14.9. The van der Waals surface area contributed by atoms with E-state index in [1.54, 1.807) is 29.2 Å². The molecule has 0 bridgehead atoms. The van der Waals surface area contributed by atoms with Gasteiger partial charge in [-0.15, -0.1) is 0 Å². The maximum absolute atomic E-state index is 12.8. The highest BCUT2D eigenvalue weighted by Crippen LogP contribution is 2.11. The average Bonchev–Trinajstić information content (AvgIpc) is 2.99. The molecular formula is C30H38N4O7. The van der Waals surface area contributed by atoms with Crippen LogP contribution in [-0.4, -0.2) is 78.8 Å². The highest BCUT2D eigenvalue weighted by molar-refractivity contribution is 5.94. The zero-order valence-corrected chi connectivity index (χ0v) is 23.0. The number of nitrogens with one attached hydrogen (secondary N) is 2. The van der Waals surface area contributed by atoms with Gasteiger partial charge in [0.15, 0.2) is 0 Å². The molecule has 11 nitrogen and oxygen atoms in total. The van der Waals surface area contributed by atoms with E-state index in [-0.39, 0.29) is 18.9 Å². The van der Waals surface area contributed by atoms with E-state index in [0.29, 0.717) is 57.7 Å². The summed E-state index contributed by atoms with van der Waals surface area (Å²) in [5.74, 6) is -1.60. The number of nitrogens with zero attached hydrogens (tertiary/aromatic N) is 1. The van der Waals surface area contributed by atoms with Crippen LogP contribution in [0.2, 0.25) is 0 Å². The number of unbranched alkanes of at least 4 members (excludes halogenated alkanes) is 1. The molecule has 1 aliphatic heterocycles. The molecule has 1 unspecified atom stereocenters. The van der Waals surface area contributed by atoms with Crippen LogP contribution in [0, 0.1) is 0 Å². The number of morpholine rings is 1. The van der Waals surface area contributed by atoms with Gasteiger partial charge in [0.05, 0.1) is 19.3 Å². The number of benzene rings is 2. The van der Waals surface area contributed by atoms with E-state index in [1.165, 1.54) is 6.08 Å². The van der Waals surface area contributed by atoms with E-state index in [4.69, 9.17) is 20.3 Å². The van der Waals surface area contributed by atoms with Crippen LogP contribution in [0.15, 0.2) is 66.7 Å². The van der Waals surface area contributed by atoms with Gasteiger partial charge >= 0.3 is 12.1 Å². The number of carboxylic acids is 1. The SMILES string of the molecule is N[C@@H](Cc1ccc(C(=O)N2CCOCC2)cc1)C(=O)NC(C=CC(=O)O)CCCCNC(=O)OCc1ccccc1. The van der Waals surface area contributed by atoms with Crippen LogP contribution < -0.4 is 16.4 Å². The molecular weight excluding hydrogens is 528 g/mol. The first-order chi connectivity index (χ1) is 19.8. The molecule has 41 heavy (non-hydrogen) atoms. The number of alkyl carbamates (subject to hydrolysis) is 1. The molecule has 1 saturated heterocycles. The number of carboxylic acid groups (broad SMARTS) is 1. The van der Waals surface area contributed by atoms with Crippen molar-refractivity contribution in [1.29, 1.82) is 0 Å². The topological polar surface area (TPSA) is 160 Å². The third-order valence-electron chi connectivity index (χ3n) is 6.51. The molecule has 2 aromatic carbocycles. The summed E-state index contributed by atoms with van der Waals surface area (Å²) >= 11 is 0. The zero-order chi connectivity index (χ0) is 29.5. The van der Waals surface area contributed by atoms with Crippen molar-refractivity contribution in [2.24, 2.45) is 5.73 Å². The Morgan fingerprint density at radius 3 is 2.39 bits per heavy atom. The maximum Gasteiger partial charge on any atom is 0.407 e. The van der Waals surface area contributed by atoms with Gasteiger partial charge in [0, 0.05) is 37.3 Å². The normalized spacial score (nSPS) is 14.7. The van der Waals surface area contributed by atoms with Gasteiger partial charge in [-0.3, -0.25) is 9.59 Å². The number of nitrogens with two attached hydrogens (primary N) is 1.